The van der Waals surface area contributed by atoms with Gasteiger partial charge in [-0.1, -0.05) is 18.2 Å². The van der Waals surface area contributed by atoms with Crippen LogP contribution in [-0.2, 0) is 6.54 Å². The first-order valence-electron chi connectivity index (χ1n) is 6.26. The van der Waals surface area contributed by atoms with E-state index in [2.05, 4.69) is 10.2 Å². The second-order valence-electron chi connectivity index (χ2n) is 4.55. The van der Waals surface area contributed by atoms with Crippen LogP contribution in [0.15, 0.2) is 9.95 Å². The molecule has 1 aromatic heterocycles. The highest BCUT2D eigenvalue weighted by Crippen LogP contribution is 2.29. The van der Waals surface area contributed by atoms with E-state index in [1.54, 1.807) is 16.3 Å². The number of hydrogen-bond acceptors (Lipinski definition) is 4. The fraction of sp³-hybridized carbons (Fsp3) is 0.818. The minimum atomic E-state index is -0.118. The highest BCUT2D eigenvalue weighted by atomic mass is 32.2. The van der Waals surface area contributed by atoms with E-state index < -0.39 is 0 Å². The van der Waals surface area contributed by atoms with E-state index in [4.69, 9.17) is 5.73 Å². The highest BCUT2D eigenvalue weighted by molar-refractivity contribution is 7.99. The quantitative estimate of drug-likeness (QED) is 0.776. The predicted octanol–water partition coefficient (Wildman–Crippen LogP) is 1.20. The summed E-state index contributed by atoms with van der Waals surface area (Å²) in [7, 11) is 0. The Hall–Kier alpha value is -0.750. The SMILES string of the molecule is CCn1c(SCCC2CCCC2N)n[nH]c1=O. The van der Waals surface area contributed by atoms with Crippen LogP contribution in [0.4, 0.5) is 0 Å². The smallest absolute Gasteiger partial charge is 0.327 e. The van der Waals surface area contributed by atoms with E-state index in [9.17, 15) is 4.79 Å². The topological polar surface area (TPSA) is 76.7 Å². The van der Waals surface area contributed by atoms with Gasteiger partial charge in [-0.25, -0.2) is 9.89 Å². The average Bonchev–Trinajstić information content (AvgIpc) is 2.86. The molecule has 0 spiro atoms. The van der Waals surface area contributed by atoms with Crippen LogP contribution in [0.1, 0.15) is 32.6 Å². The van der Waals surface area contributed by atoms with Gasteiger partial charge in [-0.3, -0.25) is 4.57 Å². The Morgan fingerprint density at radius 1 is 1.59 bits per heavy atom. The molecule has 1 fully saturated rings. The van der Waals surface area contributed by atoms with Gasteiger partial charge in [0.25, 0.3) is 0 Å². The van der Waals surface area contributed by atoms with Gasteiger partial charge in [0.15, 0.2) is 5.16 Å². The standard InChI is InChI=1S/C11H20N4OS/c1-2-15-10(16)13-14-11(15)17-7-6-8-4-3-5-9(8)12/h8-9H,2-7,12H2,1H3,(H,13,16). The Labute approximate surface area is 105 Å². The van der Waals surface area contributed by atoms with Gasteiger partial charge >= 0.3 is 5.69 Å². The lowest BCUT2D eigenvalue weighted by molar-refractivity contribution is 0.470. The molecule has 0 aromatic carbocycles. The molecule has 2 unspecified atom stereocenters. The Bertz CT molecular complexity index is 414. The van der Waals surface area contributed by atoms with Crippen molar-refractivity contribution in [2.24, 2.45) is 11.7 Å². The van der Waals surface area contributed by atoms with Crippen molar-refractivity contribution in [2.45, 2.75) is 50.4 Å². The van der Waals surface area contributed by atoms with Gasteiger partial charge in [0.05, 0.1) is 0 Å². The summed E-state index contributed by atoms with van der Waals surface area (Å²) >= 11 is 1.65. The number of aromatic amines is 1. The maximum absolute atomic E-state index is 11.4. The zero-order valence-electron chi connectivity index (χ0n) is 10.2. The van der Waals surface area contributed by atoms with Crippen LogP contribution >= 0.6 is 11.8 Å². The molecule has 0 saturated heterocycles. The summed E-state index contributed by atoms with van der Waals surface area (Å²) in [6, 6.07) is 0.378. The predicted molar refractivity (Wildman–Crippen MR) is 69.2 cm³/mol. The van der Waals surface area contributed by atoms with E-state index >= 15 is 0 Å². The fourth-order valence-electron chi connectivity index (χ4n) is 2.42. The van der Waals surface area contributed by atoms with E-state index in [0.717, 1.165) is 23.8 Å². The molecule has 1 aliphatic carbocycles. The van der Waals surface area contributed by atoms with Crippen molar-refractivity contribution in [2.75, 3.05) is 5.75 Å². The van der Waals surface area contributed by atoms with E-state index in [-0.39, 0.29) is 5.69 Å². The summed E-state index contributed by atoms with van der Waals surface area (Å²) in [5.74, 6) is 1.64. The second kappa shape index (κ2) is 5.73. The Morgan fingerprint density at radius 3 is 3.06 bits per heavy atom. The summed E-state index contributed by atoms with van der Waals surface area (Å²) in [5, 5.41) is 7.31. The Balaban J connectivity index is 1.83. The Morgan fingerprint density at radius 2 is 2.41 bits per heavy atom. The highest BCUT2D eigenvalue weighted by Gasteiger charge is 2.23. The monoisotopic (exact) mass is 256 g/mol. The summed E-state index contributed by atoms with van der Waals surface area (Å²) < 4.78 is 1.67. The molecule has 2 rings (SSSR count). The molecular formula is C11H20N4OS. The van der Waals surface area contributed by atoms with E-state index in [1.807, 2.05) is 6.92 Å². The van der Waals surface area contributed by atoms with Crippen LogP contribution in [0.2, 0.25) is 0 Å². The zero-order chi connectivity index (χ0) is 12.3. The number of nitrogens with one attached hydrogen (secondary N) is 1. The van der Waals surface area contributed by atoms with Crippen molar-refractivity contribution in [3.8, 4) is 0 Å². The molecule has 0 bridgehead atoms. The summed E-state index contributed by atoms with van der Waals surface area (Å²) in [6.07, 6.45) is 4.80. The first-order chi connectivity index (χ1) is 8.22. The molecule has 0 amide bonds. The van der Waals surface area contributed by atoms with Gasteiger partial charge in [0.1, 0.15) is 0 Å². The third-order valence-electron chi connectivity index (χ3n) is 3.48. The van der Waals surface area contributed by atoms with Crippen LogP contribution in [-0.4, -0.2) is 26.6 Å². The minimum absolute atomic E-state index is 0.118. The maximum atomic E-state index is 11.4. The molecule has 3 N–H and O–H groups in total. The molecule has 0 radical (unpaired) electrons. The lowest BCUT2D eigenvalue weighted by atomic mass is 10.0. The molecule has 0 aliphatic heterocycles. The van der Waals surface area contributed by atoms with Crippen LogP contribution in [0.25, 0.3) is 0 Å². The number of nitrogens with two attached hydrogens (primary N) is 1. The third-order valence-corrected chi connectivity index (χ3v) is 4.49. The first kappa shape index (κ1) is 12.7. The van der Waals surface area contributed by atoms with E-state index in [1.165, 1.54) is 12.8 Å². The number of nitrogens with zero attached hydrogens (tertiary/aromatic N) is 2. The van der Waals surface area contributed by atoms with Crippen molar-refractivity contribution in [3.63, 3.8) is 0 Å². The van der Waals surface area contributed by atoms with Gasteiger partial charge in [0, 0.05) is 18.3 Å². The number of rotatable bonds is 5. The van der Waals surface area contributed by atoms with Crippen molar-refractivity contribution in [1.29, 1.82) is 0 Å². The van der Waals surface area contributed by atoms with Crippen LogP contribution < -0.4 is 11.4 Å². The second-order valence-corrected chi connectivity index (χ2v) is 5.61. The lowest BCUT2D eigenvalue weighted by Gasteiger charge is -2.14. The molecule has 1 aromatic rings. The first-order valence-corrected chi connectivity index (χ1v) is 7.24. The molecule has 1 aliphatic rings. The average molecular weight is 256 g/mol. The summed E-state index contributed by atoms with van der Waals surface area (Å²) in [4.78, 5) is 11.4. The molecule has 96 valence electrons. The molecule has 17 heavy (non-hydrogen) atoms. The molecular weight excluding hydrogens is 236 g/mol. The van der Waals surface area contributed by atoms with Crippen molar-refractivity contribution in [3.05, 3.63) is 10.5 Å². The van der Waals surface area contributed by atoms with Crippen molar-refractivity contribution >= 4 is 11.8 Å². The van der Waals surface area contributed by atoms with Gasteiger partial charge in [0.2, 0.25) is 0 Å². The van der Waals surface area contributed by atoms with Gasteiger partial charge in [-0.15, -0.1) is 5.10 Å². The maximum Gasteiger partial charge on any atom is 0.343 e. The minimum Gasteiger partial charge on any atom is -0.327 e. The van der Waals surface area contributed by atoms with E-state index in [0.29, 0.717) is 18.5 Å². The van der Waals surface area contributed by atoms with Crippen LogP contribution in [0, 0.1) is 5.92 Å². The Kier molecular flexibility index (Phi) is 4.28. The van der Waals surface area contributed by atoms with Crippen molar-refractivity contribution < 1.29 is 0 Å². The lowest BCUT2D eigenvalue weighted by Crippen LogP contribution is -2.24. The van der Waals surface area contributed by atoms with Gasteiger partial charge in [-0.2, -0.15) is 0 Å². The molecule has 5 nitrogen and oxygen atoms in total. The fourth-order valence-corrected chi connectivity index (χ4v) is 3.50. The number of H-pyrrole nitrogens is 1. The normalized spacial score (nSPS) is 24.4. The van der Waals surface area contributed by atoms with Gasteiger partial charge in [-0.05, 0) is 32.1 Å². The molecule has 6 heteroatoms. The molecule has 2 atom stereocenters. The summed E-state index contributed by atoms with van der Waals surface area (Å²) in [6.45, 7) is 2.62. The van der Waals surface area contributed by atoms with Crippen molar-refractivity contribution in [1.82, 2.24) is 14.8 Å². The van der Waals surface area contributed by atoms with Gasteiger partial charge < -0.3 is 5.73 Å². The van der Waals surface area contributed by atoms with Crippen LogP contribution in [0.3, 0.4) is 0 Å². The number of hydrogen-bond donors (Lipinski definition) is 2. The summed E-state index contributed by atoms with van der Waals surface area (Å²) in [5.41, 5.74) is 5.91. The number of aromatic nitrogens is 3. The van der Waals surface area contributed by atoms with Crippen LogP contribution in [0.5, 0.6) is 0 Å². The number of thioether (sulfide) groups is 1. The largest absolute Gasteiger partial charge is 0.343 e. The molecule has 1 saturated carbocycles. The third kappa shape index (κ3) is 2.93. The molecule has 1 heterocycles. The zero-order valence-corrected chi connectivity index (χ0v) is 11.0.